The van der Waals surface area contributed by atoms with E-state index in [-0.39, 0.29) is 12.8 Å². The molecule has 2 heterocycles. The lowest BCUT2D eigenvalue weighted by atomic mass is 10.1. The summed E-state index contributed by atoms with van der Waals surface area (Å²) in [6.45, 7) is 6.93. The Hall–Kier alpha value is -3.63. The number of anilines is 1. The summed E-state index contributed by atoms with van der Waals surface area (Å²) in [6.07, 6.45) is 6.37. The number of aliphatic carboxylic acids is 1. The molecule has 10 heteroatoms. The van der Waals surface area contributed by atoms with Crippen LogP contribution in [0.3, 0.4) is 0 Å². The molecule has 0 fully saturated rings. The number of carboxylic acids is 1. The Labute approximate surface area is 228 Å². The first kappa shape index (κ1) is 28.4. The van der Waals surface area contributed by atoms with Gasteiger partial charge < -0.3 is 23.7 Å². The van der Waals surface area contributed by atoms with Gasteiger partial charge in [-0.25, -0.2) is 8.42 Å². The molecular formula is C29H34N2O7S. The molecule has 0 atom stereocenters. The van der Waals surface area contributed by atoms with Crippen LogP contribution in [0.25, 0.3) is 17.2 Å². The second-order valence-electron chi connectivity index (χ2n) is 9.98. The van der Waals surface area contributed by atoms with Crippen LogP contribution < -0.4 is 14.2 Å². The van der Waals surface area contributed by atoms with Gasteiger partial charge >= 0.3 is 11.9 Å². The maximum atomic E-state index is 11.2. The highest BCUT2D eigenvalue weighted by atomic mass is 32.2. The highest BCUT2D eigenvalue weighted by Gasteiger charge is 2.27. The molecule has 0 spiro atoms. The summed E-state index contributed by atoms with van der Waals surface area (Å²) in [5.74, 6) is 0.739. The van der Waals surface area contributed by atoms with E-state index in [4.69, 9.17) is 14.3 Å². The smallest absolute Gasteiger partial charge is 0.374 e. The van der Waals surface area contributed by atoms with Crippen molar-refractivity contribution in [3.63, 3.8) is 0 Å². The quantitative estimate of drug-likeness (QED) is 0.187. The maximum Gasteiger partial charge on any atom is 0.374 e. The maximum absolute atomic E-state index is 11.2. The lowest BCUT2D eigenvalue weighted by Gasteiger charge is -2.18. The molecule has 0 bridgehead atoms. The number of allylic oxidation sites excluding steroid dienone is 2. The van der Waals surface area contributed by atoms with Crippen LogP contribution in [0.15, 0.2) is 58.3 Å². The van der Waals surface area contributed by atoms with Crippen LogP contribution in [0.4, 0.5) is 5.69 Å². The standard InChI is InChI=1S/C29H34N2O7S/c1-20-9-11-25-23(16-20)30(13-6-4-5-8-29(32)33)27(37-25)18-22(3)19-28-31(14-7-15-39(34,35)36)24-17-21(2)10-12-26(24)38-28/h9-12,16-19H,4-8,13-15H2,1-3H3,(H-,32,33,34,35,36). The van der Waals surface area contributed by atoms with Crippen LogP contribution >= 0.6 is 0 Å². The molecule has 1 aromatic heterocycles. The van der Waals surface area contributed by atoms with Crippen LogP contribution in [0.1, 0.15) is 56.0 Å². The van der Waals surface area contributed by atoms with E-state index < -0.39 is 21.8 Å². The summed E-state index contributed by atoms with van der Waals surface area (Å²) in [7, 11) is -4.31. The van der Waals surface area contributed by atoms with Crippen molar-refractivity contribution in [3.8, 4) is 5.75 Å². The Morgan fingerprint density at radius 2 is 1.82 bits per heavy atom. The zero-order valence-corrected chi connectivity index (χ0v) is 23.3. The van der Waals surface area contributed by atoms with E-state index in [1.807, 2.05) is 67.8 Å². The van der Waals surface area contributed by atoms with E-state index in [1.54, 1.807) is 0 Å². The molecule has 39 heavy (non-hydrogen) atoms. The van der Waals surface area contributed by atoms with Crippen LogP contribution in [0.5, 0.6) is 5.75 Å². The summed E-state index contributed by atoms with van der Waals surface area (Å²) >= 11 is 0. The Morgan fingerprint density at radius 3 is 2.56 bits per heavy atom. The molecule has 1 aliphatic rings. The lowest BCUT2D eigenvalue weighted by Crippen LogP contribution is -2.36. The van der Waals surface area contributed by atoms with Gasteiger partial charge in [-0.3, -0.25) is 4.79 Å². The fourth-order valence-corrected chi connectivity index (χ4v) is 5.13. The number of unbranched alkanes of at least 4 members (excludes halogenated alkanes) is 2. The Kier molecular flexibility index (Phi) is 8.76. The van der Waals surface area contributed by atoms with Crippen LogP contribution in [0.2, 0.25) is 0 Å². The van der Waals surface area contributed by atoms with E-state index in [0.29, 0.717) is 36.9 Å². The molecule has 9 nitrogen and oxygen atoms in total. The number of benzene rings is 2. The number of carbonyl (C=O) groups is 1. The number of carboxylic acid groups (broad SMARTS) is 1. The zero-order chi connectivity index (χ0) is 28.2. The molecule has 0 saturated carbocycles. The van der Waals surface area contributed by atoms with E-state index >= 15 is 0 Å². The minimum atomic E-state index is -4.31. The molecule has 3 aromatic rings. The molecule has 2 aromatic carbocycles. The number of nitrogens with zero attached hydrogens (tertiary/aromatic N) is 2. The molecule has 0 amide bonds. The normalized spacial score (nSPS) is 14.7. The summed E-state index contributed by atoms with van der Waals surface area (Å²) in [5.41, 5.74) is 5.47. The van der Waals surface area contributed by atoms with Gasteiger partial charge in [-0.1, -0.05) is 18.6 Å². The van der Waals surface area contributed by atoms with Gasteiger partial charge in [-0.2, -0.15) is 4.57 Å². The first-order chi connectivity index (χ1) is 18.5. The average Bonchev–Trinajstić information content (AvgIpc) is 3.34. The first-order valence-corrected chi connectivity index (χ1v) is 14.6. The lowest BCUT2D eigenvalue weighted by molar-refractivity contribution is -0.677. The number of oxazole rings is 1. The average molecular weight is 555 g/mol. The number of fused-ring (bicyclic) bond motifs is 2. The number of rotatable bonds is 12. The fraction of sp³-hybridized carbons (Fsp3) is 0.379. The second kappa shape index (κ2) is 12.0. The number of hydrogen-bond donors (Lipinski definition) is 1. The minimum Gasteiger partial charge on any atom is -0.748 e. The Balaban J connectivity index is 1.61. The number of hydrogen-bond acceptors (Lipinski definition) is 7. The SMILES string of the molecule is CC(=Cc1oc2ccc(C)cc2[n+]1CCCS(=O)(=O)[O-])C=C1Oc2ccc(C)cc2N1CCCCCC(=O)O. The summed E-state index contributed by atoms with van der Waals surface area (Å²) in [5, 5.41) is 8.91. The van der Waals surface area contributed by atoms with E-state index in [9.17, 15) is 17.8 Å². The monoisotopic (exact) mass is 554 g/mol. The molecule has 1 aliphatic heterocycles. The number of aromatic nitrogens is 1. The summed E-state index contributed by atoms with van der Waals surface area (Å²) in [6, 6.07) is 11.8. The molecule has 0 aliphatic carbocycles. The van der Waals surface area contributed by atoms with Gasteiger partial charge in [-0.05, 0) is 68.5 Å². The van der Waals surface area contributed by atoms with Gasteiger partial charge in [0.1, 0.15) is 0 Å². The topological polar surface area (TPSA) is 124 Å². The zero-order valence-electron chi connectivity index (χ0n) is 22.5. The Bertz CT molecular complexity index is 1540. The third-order valence-corrected chi connectivity index (χ3v) is 7.31. The van der Waals surface area contributed by atoms with E-state index in [2.05, 4.69) is 11.0 Å². The van der Waals surface area contributed by atoms with Crippen molar-refractivity contribution in [1.82, 2.24) is 0 Å². The summed E-state index contributed by atoms with van der Waals surface area (Å²) < 4.78 is 47.7. The highest BCUT2D eigenvalue weighted by Crippen LogP contribution is 2.40. The van der Waals surface area contributed by atoms with E-state index in [1.165, 1.54) is 0 Å². The van der Waals surface area contributed by atoms with Gasteiger partial charge in [0.05, 0.1) is 21.9 Å². The van der Waals surface area contributed by atoms with Gasteiger partial charge in [0.15, 0.2) is 12.3 Å². The molecule has 1 N–H and O–H groups in total. The predicted molar refractivity (Wildman–Crippen MR) is 147 cm³/mol. The third-order valence-electron chi connectivity index (χ3n) is 6.52. The van der Waals surface area contributed by atoms with Crippen molar-refractivity contribution in [2.75, 3.05) is 17.2 Å². The molecular weight excluding hydrogens is 520 g/mol. The number of aryl methyl sites for hydroxylation is 3. The second-order valence-corrected chi connectivity index (χ2v) is 11.5. The van der Waals surface area contributed by atoms with Crippen molar-refractivity contribution in [2.24, 2.45) is 0 Å². The van der Waals surface area contributed by atoms with Gasteiger partial charge in [-0.15, -0.1) is 0 Å². The van der Waals surface area contributed by atoms with Crippen LogP contribution in [-0.4, -0.2) is 36.3 Å². The van der Waals surface area contributed by atoms with Gasteiger partial charge in [0.25, 0.3) is 5.52 Å². The molecule has 4 rings (SSSR count). The van der Waals surface area contributed by atoms with Gasteiger partial charge in [0, 0.05) is 37.3 Å². The van der Waals surface area contributed by atoms with Crippen molar-refractivity contribution in [1.29, 1.82) is 0 Å². The van der Waals surface area contributed by atoms with E-state index in [0.717, 1.165) is 46.5 Å². The Morgan fingerprint density at radius 1 is 1.08 bits per heavy atom. The van der Waals surface area contributed by atoms with Crippen LogP contribution in [-0.2, 0) is 21.5 Å². The predicted octanol–water partition coefficient (Wildman–Crippen LogP) is 5.06. The molecule has 208 valence electrons. The third kappa shape index (κ3) is 7.48. The fourth-order valence-electron chi connectivity index (χ4n) is 4.65. The van der Waals surface area contributed by atoms with Crippen molar-refractivity contribution >= 4 is 39.0 Å². The van der Waals surface area contributed by atoms with Crippen molar-refractivity contribution in [3.05, 3.63) is 70.9 Å². The van der Waals surface area contributed by atoms with Gasteiger partial charge in [0.2, 0.25) is 11.5 Å². The molecule has 0 radical (unpaired) electrons. The molecule has 0 saturated heterocycles. The molecule has 0 unspecified atom stereocenters. The first-order valence-electron chi connectivity index (χ1n) is 13.0. The largest absolute Gasteiger partial charge is 0.748 e. The van der Waals surface area contributed by atoms with Crippen molar-refractivity contribution < 1.29 is 36.6 Å². The minimum absolute atomic E-state index is 0.161. The highest BCUT2D eigenvalue weighted by molar-refractivity contribution is 7.85. The number of ether oxygens (including phenoxy) is 1. The summed E-state index contributed by atoms with van der Waals surface area (Å²) in [4.78, 5) is 13.0. The van der Waals surface area contributed by atoms with Crippen LogP contribution in [0, 0.1) is 13.8 Å². The van der Waals surface area contributed by atoms with Crippen molar-refractivity contribution in [2.45, 2.75) is 59.4 Å².